The normalized spacial score (nSPS) is 15.9. The molecule has 11 heteroatoms. The molecule has 1 aromatic carbocycles. The number of likely N-dealkylation sites (tertiary alicyclic amines) is 1. The zero-order valence-electron chi connectivity index (χ0n) is 22.0. The number of hydrogen-bond donors (Lipinski definition) is 1. The second-order valence-corrected chi connectivity index (χ2v) is 9.94. The second kappa shape index (κ2) is 13.1. The Morgan fingerprint density at radius 1 is 1.03 bits per heavy atom. The lowest BCUT2D eigenvalue weighted by atomic mass is 10.1. The first-order chi connectivity index (χ1) is 17.7. The number of benzene rings is 1. The Balaban J connectivity index is 1.58. The Hall–Kier alpha value is -3.65. The van der Waals surface area contributed by atoms with Crippen molar-refractivity contribution in [2.45, 2.75) is 33.1 Å². The molecule has 1 aromatic rings. The highest BCUT2D eigenvalue weighted by molar-refractivity contribution is 6.05. The Morgan fingerprint density at radius 2 is 1.70 bits per heavy atom. The van der Waals surface area contributed by atoms with Crippen molar-refractivity contribution >= 4 is 29.6 Å². The van der Waals surface area contributed by atoms with Crippen LogP contribution in [-0.2, 0) is 4.79 Å². The van der Waals surface area contributed by atoms with Gasteiger partial charge in [0, 0.05) is 64.1 Å². The number of urea groups is 2. The maximum atomic E-state index is 13.2. The first kappa shape index (κ1) is 27.9. The Morgan fingerprint density at radius 3 is 2.32 bits per heavy atom. The summed E-state index contributed by atoms with van der Waals surface area (Å²) in [4.78, 5) is 58.6. The molecule has 2 fully saturated rings. The molecule has 2 aliphatic rings. The minimum Gasteiger partial charge on any atom is -0.342 e. The third kappa shape index (κ3) is 7.67. The van der Waals surface area contributed by atoms with Gasteiger partial charge in [-0.3, -0.25) is 19.4 Å². The molecule has 0 unspecified atom stereocenters. The van der Waals surface area contributed by atoms with Gasteiger partial charge in [-0.25, -0.2) is 14.5 Å². The molecule has 2 saturated heterocycles. The number of anilines is 1. The smallest absolute Gasteiger partial charge is 0.339 e. The molecule has 0 spiro atoms. The first-order valence-electron chi connectivity index (χ1n) is 12.8. The van der Waals surface area contributed by atoms with Gasteiger partial charge in [-0.1, -0.05) is 19.9 Å². The van der Waals surface area contributed by atoms with Gasteiger partial charge in [0.2, 0.25) is 5.91 Å². The zero-order valence-corrected chi connectivity index (χ0v) is 22.0. The van der Waals surface area contributed by atoms with Crippen molar-refractivity contribution in [3.05, 3.63) is 29.8 Å². The number of piperazine rings is 1. The van der Waals surface area contributed by atoms with E-state index in [1.165, 1.54) is 13.1 Å². The predicted octanol–water partition coefficient (Wildman–Crippen LogP) is 2.48. The molecule has 0 aliphatic carbocycles. The van der Waals surface area contributed by atoms with Gasteiger partial charge >= 0.3 is 12.1 Å². The lowest BCUT2D eigenvalue weighted by Crippen LogP contribution is -2.52. The van der Waals surface area contributed by atoms with Crippen LogP contribution in [-0.4, -0.2) is 108 Å². The first-order valence-corrected chi connectivity index (χ1v) is 12.8. The molecule has 200 valence electrons. The number of nitrogens with zero attached hydrogens (tertiary/aromatic N) is 6. The van der Waals surface area contributed by atoms with Crippen LogP contribution in [0.3, 0.4) is 0 Å². The van der Waals surface area contributed by atoms with Crippen LogP contribution in [0.2, 0.25) is 0 Å². The fourth-order valence-electron chi connectivity index (χ4n) is 4.35. The van der Waals surface area contributed by atoms with Crippen molar-refractivity contribution in [1.29, 1.82) is 5.26 Å². The van der Waals surface area contributed by atoms with Gasteiger partial charge in [-0.15, -0.1) is 0 Å². The number of carbonyl (C=O) groups excluding carboxylic acids is 4. The topological polar surface area (TPSA) is 120 Å². The zero-order chi connectivity index (χ0) is 26.9. The average Bonchev–Trinajstić information content (AvgIpc) is 3.44. The van der Waals surface area contributed by atoms with Gasteiger partial charge in [-0.05, 0) is 43.4 Å². The van der Waals surface area contributed by atoms with E-state index in [0.717, 1.165) is 35.7 Å². The standard InChI is InChI=1S/C26H37N7O4/c1-20(2)9-12-33(26(37)29(3)19-27)24(35)21-7-6-8-22(17-21)28-25(36)32-15-13-30(14-16-32)18-23(34)31-10-4-5-11-31/h6-8,17,20H,4-5,9-16,18H2,1-3H3,(H,28,36). The largest absolute Gasteiger partial charge is 0.342 e. The number of rotatable bonds is 7. The Labute approximate surface area is 218 Å². The number of hydrogen-bond acceptors (Lipinski definition) is 6. The fourth-order valence-corrected chi connectivity index (χ4v) is 4.35. The maximum Gasteiger partial charge on any atom is 0.339 e. The van der Waals surface area contributed by atoms with Crippen molar-refractivity contribution in [3.63, 3.8) is 0 Å². The van der Waals surface area contributed by atoms with Crippen LogP contribution >= 0.6 is 0 Å². The summed E-state index contributed by atoms with van der Waals surface area (Å²) in [6.07, 6.45) is 4.47. The number of carbonyl (C=O) groups is 4. The third-order valence-electron chi connectivity index (χ3n) is 6.68. The van der Waals surface area contributed by atoms with Crippen molar-refractivity contribution in [3.8, 4) is 6.19 Å². The molecule has 3 rings (SSSR count). The molecular weight excluding hydrogens is 474 g/mol. The molecule has 0 atom stereocenters. The van der Waals surface area contributed by atoms with E-state index >= 15 is 0 Å². The monoisotopic (exact) mass is 511 g/mol. The van der Waals surface area contributed by atoms with E-state index in [1.807, 2.05) is 18.7 Å². The molecular formula is C26H37N7O4. The molecule has 0 bridgehead atoms. The van der Waals surface area contributed by atoms with E-state index < -0.39 is 11.9 Å². The van der Waals surface area contributed by atoms with E-state index in [1.54, 1.807) is 29.3 Å². The molecule has 37 heavy (non-hydrogen) atoms. The molecule has 11 nitrogen and oxygen atoms in total. The van der Waals surface area contributed by atoms with Gasteiger partial charge in [0.1, 0.15) is 0 Å². The van der Waals surface area contributed by atoms with Crippen LogP contribution in [0.25, 0.3) is 0 Å². The van der Waals surface area contributed by atoms with Crippen molar-refractivity contribution in [2.24, 2.45) is 5.92 Å². The number of imide groups is 1. The molecule has 1 N–H and O–H groups in total. The minimum absolute atomic E-state index is 0.152. The van der Waals surface area contributed by atoms with Crippen molar-refractivity contribution in [2.75, 3.05) is 64.7 Å². The van der Waals surface area contributed by atoms with Crippen molar-refractivity contribution < 1.29 is 19.2 Å². The average molecular weight is 512 g/mol. The second-order valence-electron chi connectivity index (χ2n) is 9.94. The summed E-state index contributed by atoms with van der Waals surface area (Å²) in [6, 6.07) is 5.46. The summed E-state index contributed by atoms with van der Waals surface area (Å²) >= 11 is 0. The molecule has 0 radical (unpaired) electrons. The highest BCUT2D eigenvalue weighted by Crippen LogP contribution is 2.17. The molecule has 0 saturated carbocycles. The van der Waals surface area contributed by atoms with Crippen LogP contribution < -0.4 is 5.32 Å². The van der Waals surface area contributed by atoms with Gasteiger partial charge in [0.05, 0.1) is 6.54 Å². The van der Waals surface area contributed by atoms with Crippen LogP contribution in [0.1, 0.15) is 43.5 Å². The SMILES string of the molecule is CC(C)CCN(C(=O)c1cccc(NC(=O)N2CCN(CC(=O)N3CCCC3)CC2)c1)C(=O)N(C)C#N. The van der Waals surface area contributed by atoms with Crippen LogP contribution in [0.4, 0.5) is 15.3 Å². The molecule has 6 amide bonds. The van der Waals surface area contributed by atoms with E-state index in [4.69, 9.17) is 5.26 Å². The van der Waals surface area contributed by atoms with E-state index in [-0.39, 0.29) is 30.0 Å². The van der Waals surface area contributed by atoms with Crippen LogP contribution in [0, 0.1) is 17.4 Å². The molecule has 2 heterocycles. The predicted molar refractivity (Wildman–Crippen MR) is 139 cm³/mol. The lowest BCUT2D eigenvalue weighted by molar-refractivity contribution is -0.131. The van der Waals surface area contributed by atoms with Gasteiger partial charge in [-0.2, -0.15) is 5.26 Å². The Kier molecular flexibility index (Phi) is 9.85. The maximum absolute atomic E-state index is 13.2. The molecule has 0 aromatic heterocycles. The Bertz CT molecular complexity index is 1020. The summed E-state index contributed by atoms with van der Waals surface area (Å²) in [5, 5.41) is 11.9. The number of nitrogens with one attached hydrogen (secondary N) is 1. The number of nitriles is 1. The third-order valence-corrected chi connectivity index (χ3v) is 6.68. The summed E-state index contributed by atoms with van der Waals surface area (Å²) in [6.45, 7) is 8.43. The van der Waals surface area contributed by atoms with Crippen LogP contribution in [0.15, 0.2) is 24.3 Å². The minimum atomic E-state index is -0.691. The quantitative estimate of drug-likeness (QED) is 0.444. The van der Waals surface area contributed by atoms with Gasteiger partial charge in [0.15, 0.2) is 6.19 Å². The summed E-state index contributed by atoms with van der Waals surface area (Å²) in [5.41, 5.74) is 0.680. The summed E-state index contributed by atoms with van der Waals surface area (Å²) in [5.74, 6) is -0.112. The summed E-state index contributed by atoms with van der Waals surface area (Å²) in [7, 11) is 1.32. The highest BCUT2D eigenvalue weighted by atomic mass is 16.2. The lowest BCUT2D eigenvalue weighted by Gasteiger charge is -2.35. The summed E-state index contributed by atoms with van der Waals surface area (Å²) < 4.78 is 0. The van der Waals surface area contributed by atoms with Gasteiger partial charge in [0.25, 0.3) is 5.91 Å². The van der Waals surface area contributed by atoms with Crippen LogP contribution in [0.5, 0.6) is 0 Å². The van der Waals surface area contributed by atoms with Gasteiger partial charge < -0.3 is 15.1 Å². The van der Waals surface area contributed by atoms with Crippen molar-refractivity contribution in [1.82, 2.24) is 24.5 Å². The molecule has 2 aliphatic heterocycles. The number of amides is 6. The van der Waals surface area contributed by atoms with E-state index in [9.17, 15) is 19.2 Å². The van der Waals surface area contributed by atoms with E-state index in [2.05, 4.69) is 10.2 Å². The highest BCUT2D eigenvalue weighted by Gasteiger charge is 2.27. The van der Waals surface area contributed by atoms with E-state index in [0.29, 0.717) is 44.8 Å². The fraction of sp³-hybridized carbons (Fsp3) is 0.577.